The molecule has 0 saturated heterocycles. The second kappa shape index (κ2) is 8.10. The van der Waals surface area contributed by atoms with E-state index < -0.39 is 0 Å². The van der Waals surface area contributed by atoms with Gasteiger partial charge in [0.15, 0.2) is 0 Å². The van der Waals surface area contributed by atoms with E-state index in [-0.39, 0.29) is 30.2 Å². The summed E-state index contributed by atoms with van der Waals surface area (Å²) in [6, 6.07) is 0.622. The van der Waals surface area contributed by atoms with Crippen LogP contribution in [0.4, 0.5) is 9.59 Å². The molecular weight excluding hydrogens is 268 g/mol. The van der Waals surface area contributed by atoms with Gasteiger partial charge in [0.1, 0.15) is 0 Å². The van der Waals surface area contributed by atoms with Crippen molar-refractivity contribution in [2.75, 3.05) is 7.05 Å². The van der Waals surface area contributed by atoms with Gasteiger partial charge >= 0.3 is 12.1 Å². The van der Waals surface area contributed by atoms with E-state index >= 15 is 0 Å². The van der Waals surface area contributed by atoms with Gasteiger partial charge in [0.05, 0.1) is 0 Å². The molecule has 4 amide bonds. The van der Waals surface area contributed by atoms with Gasteiger partial charge in [-0.25, -0.2) is 9.59 Å². The molecule has 3 N–H and O–H groups in total. The summed E-state index contributed by atoms with van der Waals surface area (Å²) in [5, 5.41) is 8.70. The molecule has 6 heteroatoms. The first kappa shape index (κ1) is 17.6. The minimum Gasteiger partial charge on any atom is -0.336 e. The molecule has 122 valence electrons. The molecular formula is C15H30N4O2. The summed E-state index contributed by atoms with van der Waals surface area (Å²) in [6.07, 6.45) is 3.90. The molecule has 1 rings (SSSR count). The Bertz CT molecular complexity index is 356. The summed E-state index contributed by atoms with van der Waals surface area (Å²) in [4.78, 5) is 25.3. The maximum absolute atomic E-state index is 11.9. The van der Waals surface area contributed by atoms with Crippen molar-refractivity contribution in [1.29, 1.82) is 0 Å². The molecule has 0 aromatic carbocycles. The van der Waals surface area contributed by atoms with Crippen molar-refractivity contribution in [3.05, 3.63) is 0 Å². The molecule has 21 heavy (non-hydrogen) atoms. The molecule has 0 aromatic heterocycles. The number of hydrogen-bond acceptors (Lipinski definition) is 2. The molecule has 2 unspecified atom stereocenters. The van der Waals surface area contributed by atoms with Crippen LogP contribution < -0.4 is 16.0 Å². The van der Waals surface area contributed by atoms with Gasteiger partial charge in [-0.3, -0.25) is 0 Å². The van der Waals surface area contributed by atoms with Crippen LogP contribution in [0, 0.1) is 0 Å². The monoisotopic (exact) mass is 298 g/mol. The van der Waals surface area contributed by atoms with Crippen LogP contribution >= 0.6 is 0 Å². The molecule has 6 nitrogen and oxygen atoms in total. The van der Waals surface area contributed by atoms with Gasteiger partial charge < -0.3 is 20.9 Å². The van der Waals surface area contributed by atoms with Crippen LogP contribution in [-0.4, -0.2) is 48.2 Å². The molecule has 2 atom stereocenters. The SMILES string of the molecule is CC(C)NC(=O)NC(C)CCC(C)NC(=O)N(C)C1CC1. The minimum absolute atomic E-state index is 0.00293. The second-order valence-corrected chi connectivity index (χ2v) is 6.44. The third kappa shape index (κ3) is 7.20. The van der Waals surface area contributed by atoms with Crippen LogP contribution in [0.5, 0.6) is 0 Å². The number of rotatable bonds is 7. The fourth-order valence-electron chi connectivity index (χ4n) is 2.11. The van der Waals surface area contributed by atoms with Crippen molar-refractivity contribution in [2.45, 2.75) is 77.5 Å². The first-order valence-electron chi connectivity index (χ1n) is 7.90. The molecule has 1 aliphatic carbocycles. The summed E-state index contributed by atoms with van der Waals surface area (Å²) in [5.41, 5.74) is 0. The highest BCUT2D eigenvalue weighted by atomic mass is 16.2. The number of hydrogen-bond donors (Lipinski definition) is 3. The quantitative estimate of drug-likeness (QED) is 0.673. The summed E-state index contributed by atoms with van der Waals surface area (Å²) >= 11 is 0. The first-order chi connectivity index (χ1) is 9.79. The molecule has 1 aliphatic rings. The lowest BCUT2D eigenvalue weighted by atomic mass is 10.1. The Balaban J connectivity index is 2.17. The molecule has 1 fully saturated rings. The van der Waals surface area contributed by atoms with E-state index in [9.17, 15) is 9.59 Å². The van der Waals surface area contributed by atoms with E-state index in [0.717, 1.165) is 25.7 Å². The minimum atomic E-state index is -0.136. The number of carbonyl (C=O) groups excluding carboxylic acids is 2. The molecule has 0 heterocycles. The van der Waals surface area contributed by atoms with Crippen molar-refractivity contribution < 1.29 is 9.59 Å². The van der Waals surface area contributed by atoms with Crippen molar-refractivity contribution in [3.63, 3.8) is 0 Å². The highest BCUT2D eigenvalue weighted by molar-refractivity contribution is 5.75. The van der Waals surface area contributed by atoms with Crippen LogP contribution in [0.1, 0.15) is 53.4 Å². The Labute approximate surface area is 128 Å². The van der Waals surface area contributed by atoms with Gasteiger partial charge in [-0.05, 0) is 53.4 Å². The smallest absolute Gasteiger partial charge is 0.317 e. The highest BCUT2D eigenvalue weighted by Crippen LogP contribution is 2.25. The van der Waals surface area contributed by atoms with Crippen LogP contribution in [0.15, 0.2) is 0 Å². The van der Waals surface area contributed by atoms with Crippen molar-refractivity contribution in [3.8, 4) is 0 Å². The molecule has 0 bridgehead atoms. The second-order valence-electron chi connectivity index (χ2n) is 6.44. The van der Waals surface area contributed by atoms with Gasteiger partial charge in [0, 0.05) is 31.2 Å². The van der Waals surface area contributed by atoms with Crippen molar-refractivity contribution in [2.24, 2.45) is 0 Å². The Kier molecular flexibility index (Phi) is 6.78. The number of amides is 4. The maximum Gasteiger partial charge on any atom is 0.317 e. The zero-order chi connectivity index (χ0) is 16.0. The van der Waals surface area contributed by atoms with Gasteiger partial charge in [-0.15, -0.1) is 0 Å². The van der Waals surface area contributed by atoms with E-state index in [1.807, 2.05) is 34.7 Å². The number of nitrogens with one attached hydrogen (secondary N) is 3. The van der Waals surface area contributed by atoms with Gasteiger partial charge in [-0.2, -0.15) is 0 Å². The normalized spacial score (nSPS) is 17.0. The average molecular weight is 298 g/mol. The Hall–Kier alpha value is -1.46. The van der Waals surface area contributed by atoms with E-state index in [1.165, 1.54) is 0 Å². The molecule has 1 saturated carbocycles. The van der Waals surface area contributed by atoms with Gasteiger partial charge in [-0.1, -0.05) is 0 Å². The lowest BCUT2D eigenvalue weighted by molar-refractivity contribution is 0.202. The summed E-state index contributed by atoms with van der Waals surface area (Å²) in [6.45, 7) is 7.83. The lowest BCUT2D eigenvalue weighted by Crippen LogP contribution is -2.45. The Morgan fingerprint density at radius 1 is 1.00 bits per heavy atom. The maximum atomic E-state index is 11.9. The predicted octanol–water partition coefficient (Wildman–Crippen LogP) is 2.05. The third-order valence-electron chi connectivity index (χ3n) is 3.61. The van der Waals surface area contributed by atoms with Gasteiger partial charge in [0.25, 0.3) is 0 Å². The zero-order valence-corrected chi connectivity index (χ0v) is 13.9. The summed E-state index contributed by atoms with van der Waals surface area (Å²) in [5.74, 6) is 0. The fraction of sp³-hybridized carbons (Fsp3) is 0.867. The van der Waals surface area contributed by atoms with E-state index in [1.54, 1.807) is 4.90 Å². The molecule has 0 spiro atoms. The van der Waals surface area contributed by atoms with Crippen LogP contribution in [0.2, 0.25) is 0 Å². The van der Waals surface area contributed by atoms with Crippen LogP contribution in [0.3, 0.4) is 0 Å². The Morgan fingerprint density at radius 2 is 1.52 bits per heavy atom. The predicted molar refractivity (Wildman–Crippen MR) is 84.3 cm³/mol. The van der Waals surface area contributed by atoms with Gasteiger partial charge in [0.2, 0.25) is 0 Å². The zero-order valence-electron chi connectivity index (χ0n) is 13.9. The largest absolute Gasteiger partial charge is 0.336 e. The molecule has 0 aromatic rings. The third-order valence-corrected chi connectivity index (χ3v) is 3.61. The number of urea groups is 2. The van der Waals surface area contributed by atoms with E-state index in [4.69, 9.17) is 0 Å². The van der Waals surface area contributed by atoms with Crippen molar-refractivity contribution >= 4 is 12.1 Å². The summed E-state index contributed by atoms with van der Waals surface area (Å²) < 4.78 is 0. The van der Waals surface area contributed by atoms with Crippen LogP contribution in [0.25, 0.3) is 0 Å². The van der Waals surface area contributed by atoms with E-state index in [2.05, 4.69) is 16.0 Å². The standard InChI is InChI=1S/C15H30N4O2/c1-10(2)16-14(20)17-11(3)6-7-12(4)18-15(21)19(5)13-8-9-13/h10-13H,6-9H2,1-5H3,(H,18,21)(H2,16,17,20). The topological polar surface area (TPSA) is 73.5 Å². The molecule has 0 aliphatic heterocycles. The summed E-state index contributed by atoms with van der Waals surface area (Å²) in [7, 11) is 1.85. The number of carbonyl (C=O) groups is 2. The molecule has 0 radical (unpaired) electrons. The average Bonchev–Trinajstić information content (AvgIpc) is 3.18. The Morgan fingerprint density at radius 3 is 2.00 bits per heavy atom. The highest BCUT2D eigenvalue weighted by Gasteiger charge is 2.29. The van der Waals surface area contributed by atoms with Crippen molar-refractivity contribution in [1.82, 2.24) is 20.9 Å². The van der Waals surface area contributed by atoms with E-state index in [0.29, 0.717) is 6.04 Å². The first-order valence-corrected chi connectivity index (χ1v) is 7.90. The number of nitrogens with zero attached hydrogens (tertiary/aromatic N) is 1. The lowest BCUT2D eigenvalue weighted by Gasteiger charge is -2.22. The fourth-order valence-corrected chi connectivity index (χ4v) is 2.11. The van der Waals surface area contributed by atoms with Crippen LogP contribution in [-0.2, 0) is 0 Å².